The number of phenols is 2. The number of sulfonamides is 1. The predicted octanol–water partition coefficient (Wildman–Crippen LogP) is 3.01. The van der Waals surface area contributed by atoms with Gasteiger partial charge in [-0.2, -0.15) is 0 Å². The summed E-state index contributed by atoms with van der Waals surface area (Å²) < 4.78 is 27.7. The van der Waals surface area contributed by atoms with E-state index in [0.29, 0.717) is 25.7 Å². The predicted molar refractivity (Wildman–Crippen MR) is 98.2 cm³/mol. The van der Waals surface area contributed by atoms with E-state index in [1.54, 1.807) is 6.07 Å². The summed E-state index contributed by atoms with van der Waals surface area (Å²) in [5.41, 5.74) is 0.470. The van der Waals surface area contributed by atoms with Crippen LogP contribution in [0.25, 0.3) is 0 Å². The van der Waals surface area contributed by atoms with Gasteiger partial charge in [-0.05, 0) is 49.3 Å². The summed E-state index contributed by atoms with van der Waals surface area (Å²) >= 11 is 0. The van der Waals surface area contributed by atoms with Crippen molar-refractivity contribution in [3.63, 3.8) is 0 Å². The summed E-state index contributed by atoms with van der Waals surface area (Å²) in [6.45, 7) is 0. The molecule has 0 spiro atoms. The molecule has 0 saturated heterocycles. The van der Waals surface area contributed by atoms with Crippen molar-refractivity contribution in [2.24, 2.45) is 0 Å². The van der Waals surface area contributed by atoms with Crippen molar-refractivity contribution < 1.29 is 23.6 Å². The Hall–Kier alpha value is -2.65. The number of phenolic OH excluding ortho intramolecular Hbond substituents is 2. The maximum Gasteiger partial charge on any atom is 0.270 e. The zero-order chi connectivity index (χ0) is 19.6. The van der Waals surface area contributed by atoms with Gasteiger partial charge in [-0.3, -0.25) is 10.1 Å². The van der Waals surface area contributed by atoms with Crippen LogP contribution in [0.4, 0.5) is 5.69 Å². The van der Waals surface area contributed by atoms with Crippen LogP contribution in [-0.2, 0) is 10.0 Å². The molecule has 1 aliphatic rings. The quantitative estimate of drug-likeness (QED) is 0.530. The Bertz CT molecular complexity index is 952. The highest BCUT2D eigenvalue weighted by atomic mass is 32.2. The molecule has 0 amide bonds. The van der Waals surface area contributed by atoms with Crippen molar-refractivity contribution in [3.05, 3.63) is 58.1 Å². The van der Waals surface area contributed by atoms with Crippen LogP contribution in [0, 0.1) is 10.1 Å². The van der Waals surface area contributed by atoms with E-state index in [2.05, 4.69) is 4.72 Å². The summed E-state index contributed by atoms with van der Waals surface area (Å²) in [5.74, 6) is 0.120. The lowest BCUT2D eigenvalue weighted by molar-refractivity contribution is -0.385. The Balaban J connectivity index is 1.66. The fourth-order valence-corrected chi connectivity index (χ4v) is 4.80. The molecule has 0 aromatic heterocycles. The summed E-state index contributed by atoms with van der Waals surface area (Å²) in [6.07, 6.45) is 2.53. The topological polar surface area (TPSA) is 130 Å². The van der Waals surface area contributed by atoms with Crippen molar-refractivity contribution >= 4 is 15.7 Å². The summed E-state index contributed by atoms with van der Waals surface area (Å²) in [6, 6.07) is 9.19. The van der Waals surface area contributed by atoms with Gasteiger partial charge in [-0.25, -0.2) is 13.1 Å². The van der Waals surface area contributed by atoms with E-state index < -0.39 is 14.9 Å². The second kappa shape index (κ2) is 7.53. The normalized spacial score (nSPS) is 20.3. The average molecular weight is 392 g/mol. The first-order valence-corrected chi connectivity index (χ1v) is 10.0. The molecular formula is C18H20N2O6S. The second-order valence-electron chi connectivity index (χ2n) is 6.67. The number of hydrogen-bond donors (Lipinski definition) is 3. The van der Waals surface area contributed by atoms with Gasteiger partial charge in [-0.15, -0.1) is 0 Å². The van der Waals surface area contributed by atoms with E-state index >= 15 is 0 Å². The third kappa shape index (κ3) is 4.37. The molecule has 0 radical (unpaired) electrons. The monoisotopic (exact) mass is 392 g/mol. The number of nitrogens with one attached hydrogen (secondary N) is 1. The molecular weight excluding hydrogens is 372 g/mol. The molecule has 0 atom stereocenters. The highest BCUT2D eigenvalue weighted by Crippen LogP contribution is 2.38. The molecule has 0 bridgehead atoms. The number of nitro benzene ring substituents is 1. The molecule has 2 aromatic rings. The van der Waals surface area contributed by atoms with Gasteiger partial charge in [0.25, 0.3) is 5.69 Å². The lowest BCUT2D eigenvalue weighted by Crippen LogP contribution is -2.37. The third-order valence-corrected chi connectivity index (χ3v) is 6.36. The number of aromatic hydroxyl groups is 2. The van der Waals surface area contributed by atoms with Crippen LogP contribution in [0.15, 0.2) is 47.4 Å². The largest absolute Gasteiger partial charge is 0.508 e. The number of rotatable bonds is 5. The fourth-order valence-electron chi connectivity index (χ4n) is 3.45. The lowest BCUT2D eigenvalue weighted by Gasteiger charge is -2.29. The molecule has 0 heterocycles. The van der Waals surface area contributed by atoms with Crippen molar-refractivity contribution in [3.8, 4) is 11.5 Å². The van der Waals surface area contributed by atoms with Gasteiger partial charge in [0.05, 0.1) is 9.82 Å². The van der Waals surface area contributed by atoms with Crippen molar-refractivity contribution in [2.75, 3.05) is 0 Å². The van der Waals surface area contributed by atoms with Crippen LogP contribution >= 0.6 is 0 Å². The number of nitrogens with zero attached hydrogens (tertiary/aromatic N) is 1. The van der Waals surface area contributed by atoms with Crippen LogP contribution in [0.2, 0.25) is 0 Å². The number of benzene rings is 2. The van der Waals surface area contributed by atoms with E-state index in [1.165, 1.54) is 30.3 Å². The van der Waals surface area contributed by atoms with E-state index in [4.69, 9.17) is 0 Å². The summed E-state index contributed by atoms with van der Waals surface area (Å²) in [4.78, 5) is 10.1. The molecule has 8 nitrogen and oxygen atoms in total. The molecule has 3 rings (SSSR count). The molecule has 3 N–H and O–H groups in total. The molecule has 0 aliphatic heterocycles. The van der Waals surface area contributed by atoms with Crippen LogP contribution in [0.3, 0.4) is 0 Å². The molecule has 1 saturated carbocycles. The van der Waals surface area contributed by atoms with Crippen LogP contribution in [-0.4, -0.2) is 29.6 Å². The third-order valence-electron chi connectivity index (χ3n) is 4.84. The molecule has 1 aliphatic carbocycles. The van der Waals surface area contributed by atoms with Crippen molar-refractivity contribution in [2.45, 2.75) is 42.5 Å². The molecule has 9 heteroatoms. The standard InChI is InChI=1S/C18H20N2O6S/c21-15-8-9-17(18(22)11-15)12-4-6-13(7-5-12)19-27(25,26)16-3-1-2-14(10-16)20(23)24/h1-3,8-13,19,21-22H,4-7H2. The number of hydrogen-bond acceptors (Lipinski definition) is 6. The minimum absolute atomic E-state index is 0.00495. The Labute approximate surface area is 156 Å². The van der Waals surface area contributed by atoms with E-state index in [-0.39, 0.29) is 34.0 Å². The van der Waals surface area contributed by atoms with Gasteiger partial charge in [0.2, 0.25) is 10.0 Å². The average Bonchev–Trinajstić information content (AvgIpc) is 2.62. The molecule has 144 valence electrons. The zero-order valence-corrected chi connectivity index (χ0v) is 15.2. The number of nitro groups is 1. The number of non-ortho nitro benzene ring substituents is 1. The van der Waals surface area contributed by atoms with Crippen LogP contribution in [0.1, 0.15) is 37.2 Å². The first-order valence-electron chi connectivity index (χ1n) is 8.55. The van der Waals surface area contributed by atoms with Gasteiger partial charge in [0.15, 0.2) is 0 Å². The smallest absolute Gasteiger partial charge is 0.270 e. The van der Waals surface area contributed by atoms with Gasteiger partial charge in [0, 0.05) is 24.2 Å². The molecule has 0 unspecified atom stereocenters. The molecule has 1 fully saturated rings. The Morgan fingerprint density at radius 1 is 1.04 bits per heavy atom. The van der Waals surface area contributed by atoms with E-state index in [1.807, 2.05) is 0 Å². The lowest BCUT2D eigenvalue weighted by atomic mass is 9.81. The zero-order valence-electron chi connectivity index (χ0n) is 14.4. The highest BCUT2D eigenvalue weighted by Gasteiger charge is 2.28. The van der Waals surface area contributed by atoms with Crippen LogP contribution < -0.4 is 4.72 Å². The maximum atomic E-state index is 12.5. The molecule has 27 heavy (non-hydrogen) atoms. The fraction of sp³-hybridized carbons (Fsp3) is 0.333. The highest BCUT2D eigenvalue weighted by molar-refractivity contribution is 7.89. The Morgan fingerprint density at radius 3 is 2.37 bits per heavy atom. The summed E-state index contributed by atoms with van der Waals surface area (Å²) in [5, 5.41) is 30.2. The van der Waals surface area contributed by atoms with Crippen molar-refractivity contribution in [1.29, 1.82) is 0 Å². The first kappa shape index (κ1) is 19.1. The van der Waals surface area contributed by atoms with E-state index in [9.17, 15) is 28.7 Å². The Kier molecular flexibility index (Phi) is 5.33. The van der Waals surface area contributed by atoms with E-state index in [0.717, 1.165) is 11.6 Å². The maximum absolute atomic E-state index is 12.5. The SMILES string of the molecule is O=[N+]([O-])c1cccc(S(=O)(=O)NC2CCC(c3ccc(O)cc3O)CC2)c1. The minimum atomic E-state index is -3.85. The van der Waals surface area contributed by atoms with Crippen LogP contribution in [0.5, 0.6) is 11.5 Å². The van der Waals surface area contributed by atoms with Gasteiger partial charge in [0.1, 0.15) is 11.5 Å². The first-order chi connectivity index (χ1) is 12.8. The van der Waals surface area contributed by atoms with Gasteiger partial charge < -0.3 is 10.2 Å². The van der Waals surface area contributed by atoms with Gasteiger partial charge >= 0.3 is 0 Å². The Morgan fingerprint density at radius 2 is 1.74 bits per heavy atom. The minimum Gasteiger partial charge on any atom is -0.508 e. The van der Waals surface area contributed by atoms with Gasteiger partial charge in [-0.1, -0.05) is 12.1 Å². The summed E-state index contributed by atoms with van der Waals surface area (Å²) in [7, 11) is -3.85. The van der Waals surface area contributed by atoms with Crippen molar-refractivity contribution in [1.82, 2.24) is 4.72 Å². The molecule has 2 aromatic carbocycles. The second-order valence-corrected chi connectivity index (χ2v) is 8.38.